The first kappa shape index (κ1) is 20.5. The lowest BCUT2D eigenvalue weighted by Crippen LogP contribution is -2.31. The van der Waals surface area contributed by atoms with Crippen molar-refractivity contribution in [3.05, 3.63) is 66.1 Å². The number of carbonyl (C=O) groups excluding carboxylic acids is 1. The summed E-state index contributed by atoms with van der Waals surface area (Å²) >= 11 is 1.76. The third-order valence-electron chi connectivity index (χ3n) is 5.22. The van der Waals surface area contributed by atoms with Crippen LogP contribution in [0.25, 0.3) is 21.9 Å². The predicted molar refractivity (Wildman–Crippen MR) is 123 cm³/mol. The fourth-order valence-corrected chi connectivity index (χ4v) is 4.18. The van der Waals surface area contributed by atoms with Gasteiger partial charge in [0.25, 0.3) is 5.91 Å². The molecule has 0 aliphatic rings. The quantitative estimate of drug-likeness (QED) is 0.420. The third-order valence-corrected chi connectivity index (χ3v) is 5.86. The van der Waals surface area contributed by atoms with Crippen molar-refractivity contribution in [2.75, 3.05) is 25.7 Å². The maximum atomic E-state index is 13.3. The van der Waals surface area contributed by atoms with E-state index in [-0.39, 0.29) is 11.9 Å². The first-order valence-electron chi connectivity index (χ1n) is 10.0. The van der Waals surface area contributed by atoms with Crippen molar-refractivity contribution < 1.29 is 9.53 Å². The number of ether oxygens (including phenoxy) is 1. The molecule has 0 unspecified atom stereocenters. The van der Waals surface area contributed by atoms with E-state index in [4.69, 9.17) is 9.72 Å². The lowest BCUT2D eigenvalue weighted by atomic mass is 10.2. The molecular weight excluding hydrogens is 396 g/mol. The van der Waals surface area contributed by atoms with E-state index in [1.807, 2.05) is 59.2 Å². The Kier molecular flexibility index (Phi) is 6.40. The van der Waals surface area contributed by atoms with E-state index < -0.39 is 0 Å². The van der Waals surface area contributed by atoms with Crippen molar-refractivity contribution in [2.24, 2.45) is 0 Å². The first-order chi connectivity index (χ1) is 14.7. The predicted octanol–water partition coefficient (Wildman–Crippen LogP) is 4.39. The van der Waals surface area contributed by atoms with E-state index in [1.165, 1.54) is 0 Å². The molecular formula is C23H26N4O2S. The van der Waals surface area contributed by atoms with Gasteiger partial charge in [-0.05, 0) is 42.7 Å². The molecule has 4 aromatic rings. The molecule has 0 aliphatic carbocycles. The van der Waals surface area contributed by atoms with E-state index in [2.05, 4.69) is 16.6 Å². The number of hydrogen-bond acceptors (Lipinski definition) is 4. The maximum Gasteiger partial charge on any atom is 0.268 e. The lowest BCUT2D eigenvalue weighted by Gasteiger charge is -2.17. The summed E-state index contributed by atoms with van der Waals surface area (Å²) in [5.41, 5.74) is 3.55. The van der Waals surface area contributed by atoms with Gasteiger partial charge in [0.15, 0.2) is 0 Å². The molecule has 0 saturated heterocycles. The van der Waals surface area contributed by atoms with Gasteiger partial charge in [0.2, 0.25) is 0 Å². The average molecular weight is 423 g/mol. The van der Waals surface area contributed by atoms with Crippen molar-refractivity contribution in [1.82, 2.24) is 19.9 Å². The van der Waals surface area contributed by atoms with Crippen molar-refractivity contribution in [3.63, 3.8) is 0 Å². The van der Waals surface area contributed by atoms with Crippen LogP contribution >= 0.6 is 11.8 Å². The number of rotatable bonds is 9. The number of thioether (sulfide) groups is 1. The number of H-pyrrole nitrogens is 1. The average Bonchev–Trinajstić information content (AvgIpc) is 3.36. The molecule has 1 amide bonds. The topological polar surface area (TPSA) is 71.9 Å². The number of hydrogen-bond donors (Lipinski definition) is 2. The maximum absolute atomic E-state index is 13.3. The number of aromatic amines is 1. The summed E-state index contributed by atoms with van der Waals surface area (Å²) in [6.07, 6.45) is 2.87. The highest BCUT2D eigenvalue weighted by atomic mass is 32.2. The van der Waals surface area contributed by atoms with Gasteiger partial charge in [-0.2, -0.15) is 11.8 Å². The van der Waals surface area contributed by atoms with Gasteiger partial charge < -0.3 is 19.6 Å². The number of fused-ring (bicyclic) bond motifs is 2. The van der Waals surface area contributed by atoms with Crippen LogP contribution in [0.2, 0.25) is 0 Å². The van der Waals surface area contributed by atoms with Crippen LogP contribution in [-0.2, 0) is 11.3 Å². The zero-order chi connectivity index (χ0) is 20.9. The fourth-order valence-electron chi connectivity index (χ4n) is 3.70. The second-order valence-corrected chi connectivity index (χ2v) is 8.17. The second-order valence-electron chi connectivity index (χ2n) is 7.18. The smallest absolute Gasteiger partial charge is 0.268 e. The Bertz CT molecular complexity index is 1120. The Morgan fingerprint density at radius 1 is 1.23 bits per heavy atom. The molecule has 0 spiro atoms. The summed E-state index contributed by atoms with van der Waals surface area (Å²) < 4.78 is 7.29. The summed E-state index contributed by atoms with van der Waals surface area (Å²) in [7, 11) is 1.67. The minimum atomic E-state index is -0.189. The van der Waals surface area contributed by atoms with Crippen LogP contribution in [0.1, 0.15) is 28.8 Å². The molecule has 0 bridgehead atoms. The summed E-state index contributed by atoms with van der Waals surface area (Å²) in [5.74, 6) is 1.61. The Morgan fingerprint density at radius 3 is 2.83 bits per heavy atom. The molecule has 30 heavy (non-hydrogen) atoms. The largest absolute Gasteiger partial charge is 0.383 e. The van der Waals surface area contributed by atoms with Crippen LogP contribution in [0.4, 0.5) is 0 Å². The highest BCUT2D eigenvalue weighted by molar-refractivity contribution is 7.98. The van der Waals surface area contributed by atoms with Crippen LogP contribution in [0.15, 0.2) is 54.6 Å². The number of methoxy groups -OCH3 is 1. The summed E-state index contributed by atoms with van der Waals surface area (Å²) in [4.78, 5) is 21.4. The number of imidazole rings is 1. The molecule has 7 heteroatoms. The zero-order valence-corrected chi connectivity index (χ0v) is 18.0. The van der Waals surface area contributed by atoms with Crippen LogP contribution in [-0.4, -0.2) is 46.2 Å². The number of nitrogens with one attached hydrogen (secondary N) is 2. The normalized spacial score (nSPS) is 12.5. The van der Waals surface area contributed by atoms with E-state index in [0.717, 1.165) is 39.9 Å². The molecule has 0 fully saturated rings. The highest BCUT2D eigenvalue weighted by Gasteiger charge is 2.22. The molecule has 0 radical (unpaired) electrons. The molecule has 1 atom stereocenters. The summed E-state index contributed by atoms with van der Waals surface area (Å²) in [6.45, 7) is 1.16. The molecule has 6 nitrogen and oxygen atoms in total. The van der Waals surface area contributed by atoms with E-state index >= 15 is 0 Å². The molecule has 2 heterocycles. The molecule has 156 valence electrons. The Hall–Kier alpha value is -2.77. The van der Waals surface area contributed by atoms with Crippen LogP contribution in [0.3, 0.4) is 0 Å². The number of amides is 1. The van der Waals surface area contributed by atoms with Crippen LogP contribution < -0.4 is 5.32 Å². The molecule has 4 rings (SSSR count). The van der Waals surface area contributed by atoms with Gasteiger partial charge in [-0.3, -0.25) is 4.79 Å². The van der Waals surface area contributed by atoms with Crippen LogP contribution in [0.5, 0.6) is 0 Å². The first-order valence-corrected chi connectivity index (χ1v) is 11.4. The van der Waals surface area contributed by atoms with Gasteiger partial charge in [-0.25, -0.2) is 4.98 Å². The SMILES string of the molecule is COCCn1c(C(=O)N[C@H](CCSC)c2nc3ccccc3[nH]2)cc2ccccc21. The van der Waals surface area contributed by atoms with Crippen molar-refractivity contribution in [3.8, 4) is 0 Å². The third kappa shape index (κ3) is 4.22. The van der Waals surface area contributed by atoms with Gasteiger partial charge in [0, 0.05) is 24.6 Å². The molecule has 0 aliphatic heterocycles. The van der Waals surface area contributed by atoms with Gasteiger partial charge >= 0.3 is 0 Å². The van der Waals surface area contributed by atoms with Gasteiger partial charge in [-0.15, -0.1) is 0 Å². The Morgan fingerprint density at radius 2 is 2.03 bits per heavy atom. The van der Waals surface area contributed by atoms with Crippen LogP contribution in [0, 0.1) is 0 Å². The lowest BCUT2D eigenvalue weighted by molar-refractivity contribution is 0.0922. The Labute approximate surface area is 180 Å². The highest BCUT2D eigenvalue weighted by Crippen LogP contribution is 2.23. The summed E-state index contributed by atoms with van der Waals surface area (Å²) in [5, 5.41) is 4.26. The standard InChI is InChI=1S/C23H26N4O2S/c1-29-13-12-27-20-10-6-3-7-16(20)15-21(27)23(28)26-19(11-14-30-2)22-24-17-8-4-5-9-18(17)25-22/h3-10,15,19H,11-14H2,1-2H3,(H,24,25)(H,26,28)/t19-/m1/s1. The number of benzene rings is 2. The number of aromatic nitrogens is 3. The molecule has 0 saturated carbocycles. The van der Waals surface area contributed by atoms with Gasteiger partial charge in [0.05, 0.1) is 23.7 Å². The second kappa shape index (κ2) is 9.36. The summed E-state index contributed by atoms with van der Waals surface area (Å²) in [6, 6.07) is 17.7. The molecule has 2 aromatic heterocycles. The number of para-hydroxylation sites is 3. The monoisotopic (exact) mass is 422 g/mol. The fraction of sp³-hybridized carbons (Fsp3) is 0.304. The van der Waals surface area contributed by atoms with E-state index in [9.17, 15) is 4.79 Å². The van der Waals surface area contributed by atoms with Crippen molar-refractivity contribution >= 4 is 39.6 Å². The number of carbonyl (C=O) groups is 1. The van der Waals surface area contributed by atoms with Gasteiger partial charge in [0.1, 0.15) is 11.5 Å². The minimum Gasteiger partial charge on any atom is -0.383 e. The molecule has 2 aromatic carbocycles. The van der Waals surface area contributed by atoms with Crippen molar-refractivity contribution in [2.45, 2.75) is 19.0 Å². The van der Waals surface area contributed by atoms with E-state index in [0.29, 0.717) is 18.8 Å². The van der Waals surface area contributed by atoms with E-state index in [1.54, 1.807) is 18.9 Å². The zero-order valence-electron chi connectivity index (χ0n) is 17.2. The number of nitrogens with zero attached hydrogens (tertiary/aromatic N) is 2. The van der Waals surface area contributed by atoms with Gasteiger partial charge in [-0.1, -0.05) is 30.3 Å². The van der Waals surface area contributed by atoms with Crippen molar-refractivity contribution in [1.29, 1.82) is 0 Å². The molecule has 2 N–H and O–H groups in total. The Balaban J connectivity index is 1.65. The minimum absolute atomic E-state index is 0.103.